The Morgan fingerprint density at radius 1 is 1.25 bits per heavy atom. The molecule has 0 aromatic rings. The van der Waals surface area contributed by atoms with Gasteiger partial charge in [-0.1, -0.05) is 19.8 Å². The van der Waals surface area contributed by atoms with Crippen LogP contribution in [0.15, 0.2) is 0 Å². The molecule has 0 N–H and O–H groups in total. The zero-order valence-corrected chi connectivity index (χ0v) is 11.0. The summed E-state index contributed by atoms with van der Waals surface area (Å²) in [7, 11) is -3.20. The Bertz CT molecular complexity index is 182. The summed E-state index contributed by atoms with van der Waals surface area (Å²) in [6.45, 7) is 3.96. The van der Waals surface area contributed by atoms with Crippen molar-refractivity contribution in [2.75, 3.05) is 12.4 Å². The van der Waals surface area contributed by atoms with Crippen LogP contribution in [0.4, 0.5) is 0 Å². The Morgan fingerprint density at radius 2 is 1.83 bits per heavy atom. The van der Waals surface area contributed by atoms with E-state index in [1.54, 1.807) is 6.92 Å². The molecule has 0 saturated carbocycles. The molecule has 70 valence electrons. The molecule has 0 fully saturated rings. The van der Waals surface area contributed by atoms with E-state index in [0.717, 1.165) is 12.8 Å². The van der Waals surface area contributed by atoms with Crippen LogP contribution in [0.1, 0.15) is 34.5 Å². The molecule has 0 atom stereocenters. The first kappa shape index (κ1) is 15.4. The van der Waals surface area contributed by atoms with Gasteiger partial charge < -0.3 is 1.43 Å². The van der Waals surface area contributed by atoms with Crippen molar-refractivity contribution >= 4 is 10.1 Å². The molecule has 0 radical (unpaired) electrons. The summed E-state index contributed by atoms with van der Waals surface area (Å²) in [5.41, 5.74) is 0. The summed E-state index contributed by atoms with van der Waals surface area (Å²) in [5.74, 6) is 0.161. The Kier molecular flexibility index (Phi) is 10.9. The van der Waals surface area contributed by atoms with Crippen LogP contribution in [-0.4, -0.2) is 20.8 Å². The van der Waals surface area contributed by atoms with Crippen molar-refractivity contribution < 1.29 is 43.6 Å². The Hall–Kier alpha value is 0.910. The van der Waals surface area contributed by atoms with Gasteiger partial charge in [0.1, 0.15) is 0 Å². The number of rotatable bonds is 6. The maximum atomic E-state index is 10.9. The number of hydrogen-bond acceptors (Lipinski definition) is 3. The van der Waals surface area contributed by atoms with Crippen LogP contribution in [0.5, 0.6) is 0 Å². The Morgan fingerprint density at radius 3 is 2.25 bits per heavy atom. The van der Waals surface area contributed by atoms with Gasteiger partial charge >= 0.3 is 29.6 Å². The van der Waals surface area contributed by atoms with Crippen molar-refractivity contribution in [3.05, 3.63) is 0 Å². The summed E-state index contributed by atoms with van der Waals surface area (Å²) in [4.78, 5) is 0. The van der Waals surface area contributed by atoms with Crippen molar-refractivity contribution in [1.29, 1.82) is 0 Å². The van der Waals surface area contributed by atoms with Gasteiger partial charge in [-0.15, -0.1) is 0 Å². The predicted octanol–water partition coefficient (Wildman–Crippen LogP) is -1.34. The van der Waals surface area contributed by atoms with E-state index in [0.29, 0.717) is 6.42 Å². The SMILES string of the molecule is CCCCCS(=O)(=O)OCC.[H-].[Na+]. The summed E-state index contributed by atoms with van der Waals surface area (Å²) in [5, 5.41) is 0. The fraction of sp³-hybridized carbons (Fsp3) is 1.00. The fourth-order valence-corrected chi connectivity index (χ4v) is 1.80. The summed E-state index contributed by atoms with van der Waals surface area (Å²) in [6.07, 6.45) is 2.69. The molecule has 0 saturated heterocycles. The van der Waals surface area contributed by atoms with Gasteiger partial charge in [-0.3, -0.25) is 4.18 Å². The molecule has 0 spiro atoms. The minimum Gasteiger partial charge on any atom is -1.00 e. The first-order valence-corrected chi connectivity index (χ1v) is 5.57. The maximum absolute atomic E-state index is 10.9. The van der Waals surface area contributed by atoms with Crippen LogP contribution in [0.2, 0.25) is 0 Å². The van der Waals surface area contributed by atoms with Crippen molar-refractivity contribution in [3.8, 4) is 0 Å². The normalized spacial score (nSPS) is 10.8. The topological polar surface area (TPSA) is 43.4 Å². The van der Waals surface area contributed by atoms with Crippen molar-refractivity contribution in [3.63, 3.8) is 0 Å². The zero-order valence-electron chi connectivity index (χ0n) is 9.17. The molecule has 0 aliphatic rings. The zero-order chi connectivity index (χ0) is 8.74. The molecule has 0 heterocycles. The second-order valence-corrected chi connectivity index (χ2v) is 4.13. The smallest absolute Gasteiger partial charge is 1.00 e. The summed E-state index contributed by atoms with van der Waals surface area (Å²) < 4.78 is 26.3. The third-order valence-electron chi connectivity index (χ3n) is 1.30. The largest absolute Gasteiger partial charge is 1.00 e. The number of hydrogen-bond donors (Lipinski definition) is 0. The standard InChI is InChI=1S/C7H16O3S.Na.H/c1-3-5-6-7-11(8,9)10-4-2;;/h3-7H2,1-2H3;;/q;+1;-1. The van der Waals surface area contributed by atoms with E-state index in [2.05, 4.69) is 4.18 Å². The summed E-state index contributed by atoms with van der Waals surface area (Å²) in [6, 6.07) is 0. The minimum atomic E-state index is -3.20. The fourth-order valence-electron chi connectivity index (χ4n) is 0.767. The molecule has 0 aliphatic carbocycles. The molecule has 0 bridgehead atoms. The third-order valence-corrected chi connectivity index (χ3v) is 2.68. The third kappa shape index (κ3) is 9.00. The van der Waals surface area contributed by atoms with Crippen LogP contribution in [0.25, 0.3) is 0 Å². The van der Waals surface area contributed by atoms with Gasteiger partial charge in [0.05, 0.1) is 12.4 Å². The predicted molar refractivity (Wildman–Crippen MR) is 46.0 cm³/mol. The number of unbranched alkanes of at least 4 members (excludes halogenated alkanes) is 2. The van der Waals surface area contributed by atoms with Crippen LogP contribution in [0, 0.1) is 0 Å². The van der Waals surface area contributed by atoms with E-state index in [4.69, 9.17) is 0 Å². The van der Waals surface area contributed by atoms with Crippen molar-refractivity contribution in [2.24, 2.45) is 0 Å². The molecule has 0 rings (SSSR count). The van der Waals surface area contributed by atoms with Gasteiger partial charge in [0.25, 0.3) is 10.1 Å². The summed E-state index contributed by atoms with van der Waals surface area (Å²) >= 11 is 0. The van der Waals surface area contributed by atoms with Crippen molar-refractivity contribution in [1.82, 2.24) is 0 Å². The maximum Gasteiger partial charge on any atom is 1.00 e. The second kappa shape index (κ2) is 8.51. The van der Waals surface area contributed by atoms with Gasteiger partial charge in [0.2, 0.25) is 0 Å². The van der Waals surface area contributed by atoms with Crippen LogP contribution in [-0.2, 0) is 14.3 Å². The minimum absolute atomic E-state index is 0. The molecule has 0 unspecified atom stereocenters. The van der Waals surface area contributed by atoms with Crippen LogP contribution in [0.3, 0.4) is 0 Å². The van der Waals surface area contributed by atoms with Gasteiger partial charge in [-0.2, -0.15) is 8.42 Å². The van der Waals surface area contributed by atoms with E-state index in [1.165, 1.54) is 0 Å². The first-order valence-electron chi connectivity index (χ1n) is 3.99. The molecule has 0 aromatic carbocycles. The van der Waals surface area contributed by atoms with E-state index in [9.17, 15) is 8.42 Å². The van der Waals surface area contributed by atoms with E-state index < -0.39 is 10.1 Å². The molecule has 3 nitrogen and oxygen atoms in total. The Labute approximate surface area is 98.8 Å². The van der Waals surface area contributed by atoms with Crippen LogP contribution >= 0.6 is 0 Å². The molecule has 12 heavy (non-hydrogen) atoms. The Balaban J connectivity index is -0.000000500. The average molecular weight is 204 g/mol. The molecule has 0 aliphatic heterocycles. The quantitative estimate of drug-likeness (QED) is 0.305. The van der Waals surface area contributed by atoms with E-state index >= 15 is 0 Å². The molecular weight excluding hydrogens is 187 g/mol. The van der Waals surface area contributed by atoms with Gasteiger partial charge in [0.15, 0.2) is 0 Å². The van der Waals surface area contributed by atoms with Gasteiger partial charge in [-0.05, 0) is 13.3 Å². The van der Waals surface area contributed by atoms with Gasteiger partial charge in [-0.25, -0.2) is 0 Å². The average Bonchev–Trinajstić information content (AvgIpc) is 1.87. The molecule has 0 amide bonds. The molecule has 0 aromatic heterocycles. The van der Waals surface area contributed by atoms with E-state index in [-0.39, 0.29) is 43.3 Å². The molecular formula is C7H17NaO3S. The van der Waals surface area contributed by atoms with Gasteiger partial charge in [0, 0.05) is 0 Å². The van der Waals surface area contributed by atoms with E-state index in [1.807, 2.05) is 6.92 Å². The van der Waals surface area contributed by atoms with Crippen LogP contribution < -0.4 is 29.6 Å². The van der Waals surface area contributed by atoms with Crippen molar-refractivity contribution in [2.45, 2.75) is 33.1 Å². The second-order valence-electron chi connectivity index (χ2n) is 2.38. The first-order chi connectivity index (χ1) is 5.12. The monoisotopic (exact) mass is 204 g/mol. The molecule has 5 heteroatoms.